The van der Waals surface area contributed by atoms with Crippen molar-refractivity contribution in [1.82, 2.24) is 0 Å². The standard InChI is InChI=1S/C20H20N4O6/c1-27-13-5-11(6-14(9-13)28-2)23-19(25)17-18(20(23)26)24(22-21-17)12-7-15(29-3)10-16(8-12)30-4/h5-10,17-18H,1-4H3. The van der Waals surface area contributed by atoms with E-state index in [0.29, 0.717) is 34.4 Å². The summed E-state index contributed by atoms with van der Waals surface area (Å²) < 4.78 is 21.1. The summed E-state index contributed by atoms with van der Waals surface area (Å²) in [4.78, 5) is 27.4. The van der Waals surface area contributed by atoms with Crippen LogP contribution in [0.4, 0.5) is 11.4 Å². The summed E-state index contributed by atoms with van der Waals surface area (Å²) in [5, 5.41) is 9.53. The minimum atomic E-state index is -0.952. The van der Waals surface area contributed by atoms with E-state index in [-0.39, 0.29) is 0 Å². The molecule has 10 heteroatoms. The first-order chi connectivity index (χ1) is 14.5. The van der Waals surface area contributed by atoms with Crippen LogP contribution in [0.15, 0.2) is 46.7 Å². The number of carbonyl (C=O) groups is 2. The van der Waals surface area contributed by atoms with Gasteiger partial charge in [0, 0.05) is 36.4 Å². The molecule has 156 valence electrons. The zero-order valence-corrected chi connectivity index (χ0v) is 16.9. The Morgan fingerprint density at radius 3 is 1.63 bits per heavy atom. The van der Waals surface area contributed by atoms with Crippen molar-refractivity contribution in [2.24, 2.45) is 10.3 Å². The van der Waals surface area contributed by atoms with Crippen LogP contribution in [0, 0.1) is 0 Å². The van der Waals surface area contributed by atoms with Gasteiger partial charge in [0.25, 0.3) is 11.8 Å². The zero-order chi connectivity index (χ0) is 21.4. The molecule has 2 aromatic carbocycles. The third-order valence-electron chi connectivity index (χ3n) is 4.98. The van der Waals surface area contributed by atoms with Crippen molar-refractivity contribution in [3.8, 4) is 23.0 Å². The van der Waals surface area contributed by atoms with Gasteiger partial charge in [-0.15, -0.1) is 0 Å². The van der Waals surface area contributed by atoms with E-state index in [1.807, 2.05) is 0 Å². The van der Waals surface area contributed by atoms with Crippen molar-refractivity contribution < 1.29 is 28.5 Å². The Labute approximate surface area is 172 Å². The molecule has 2 aliphatic rings. The van der Waals surface area contributed by atoms with Gasteiger partial charge in [-0.3, -0.25) is 9.59 Å². The molecule has 0 radical (unpaired) electrons. The molecule has 2 aliphatic heterocycles. The van der Waals surface area contributed by atoms with Gasteiger partial charge in [-0.1, -0.05) is 5.22 Å². The highest BCUT2D eigenvalue weighted by atomic mass is 16.5. The smallest absolute Gasteiger partial charge is 0.263 e. The molecule has 30 heavy (non-hydrogen) atoms. The molecule has 0 saturated carbocycles. The number of amides is 2. The van der Waals surface area contributed by atoms with Crippen molar-refractivity contribution in [2.75, 3.05) is 38.3 Å². The lowest BCUT2D eigenvalue weighted by atomic mass is 10.1. The van der Waals surface area contributed by atoms with E-state index in [9.17, 15) is 9.59 Å². The number of nitrogens with zero attached hydrogens (tertiary/aromatic N) is 4. The molecule has 1 fully saturated rings. The van der Waals surface area contributed by atoms with E-state index in [0.717, 1.165) is 4.90 Å². The molecule has 0 aliphatic carbocycles. The maximum absolute atomic E-state index is 13.3. The quantitative estimate of drug-likeness (QED) is 0.671. The summed E-state index contributed by atoms with van der Waals surface area (Å²) in [5.74, 6) is 1.04. The van der Waals surface area contributed by atoms with Crippen LogP contribution in [0.3, 0.4) is 0 Å². The number of benzene rings is 2. The van der Waals surface area contributed by atoms with Gasteiger partial charge in [0.05, 0.1) is 39.8 Å². The molecule has 2 atom stereocenters. The van der Waals surface area contributed by atoms with Crippen molar-refractivity contribution in [2.45, 2.75) is 12.1 Å². The first kappa shape index (κ1) is 19.5. The van der Waals surface area contributed by atoms with Crippen LogP contribution in [0.25, 0.3) is 0 Å². The highest BCUT2D eigenvalue weighted by Gasteiger charge is 2.55. The van der Waals surface area contributed by atoms with Gasteiger partial charge in [-0.05, 0) is 0 Å². The third-order valence-corrected chi connectivity index (χ3v) is 4.98. The Balaban J connectivity index is 1.72. The van der Waals surface area contributed by atoms with E-state index < -0.39 is 23.9 Å². The summed E-state index contributed by atoms with van der Waals surface area (Å²) in [6.07, 6.45) is 0. The SMILES string of the molecule is COc1cc(OC)cc(N2C(=O)C3N=NN(c4cc(OC)cc(OC)c4)C3C2=O)c1. The van der Waals surface area contributed by atoms with Crippen molar-refractivity contribution in [3.63, 3.8) is 0 Å². The van der Waals surface area contributed by atoms with Gasteiger partial charge in [-0.25, -0.2) is 9.91 Å². The average molecular weight is 412 g/mol. The number of fused-ring (bicyclic) bond motifs is 1. The lowest BCUT2D eigenvalue weighted by molar-refractivity contribution is -0.121. The second-order valence-electron chi connectivity index (χ2n) is 6.59. The van der Waals surface area contributed by atoms with Crippen molar-refractivity contribution in [3.05, 3.63) is 36.4 Å². The second-order valence-corrected chi connectivity index (χ2v) is 6.59. The summed E-state index contributed by atoms with van der Waals surface area (Å²) in [7, 11) is 6.03. The number of hydrogen-bond acceptors (Lipinski definition) is 9. The second kappa shape index (κ2) is 7.54. The fraction of sp³-hybridized carbons (Fsp3) is 0.300. The third kappa shape index (κ3) is 3.06. The molecule has 0 N–H and O–H groups in total. The van der Waals surface area contributed by atoms with Gasteiger partial charge < -0.3 is 18.9 Å². The maximum Gasteiger partial charge on any atom is 0.263 e. The summed E-state index contributed by atoms with van der Waals surface area (Å²) in [5.41, 5.74) is 0.864. The number of ether oxygens (including phenoxy) is 4. The van der Waals surface area contributed by atoms with Crippen LogP contribution < -0.4 is 28.9 Å². The number of carbonyl (C=O) groups excluding carboxylic acids is 2. The van der Waals surface area contributed by atoms with E-state index >= 15 is 0 Å². The molecule has 1 saturated heterocycles. The number of methoxy groups -OCH3 is 4. The number of anilines is 2. The van der Waals surface area contributed by atoms with Gasteiger partial charge in [0.1, 0.15) is 23.0 Å². The molecule has 10 nitrogen and oxygen atoms in total. The molecule has 0 bridgehead atoms. The maximum atomic E-state index is 13.3. The van der Waals surface area contributed by atoms with E-state index in [4.69, 9.17) is 18.9 Å². The predicted molar refractivity (Wildman–Crippen MR) is 106 cm³/mol. The normalized spacial score (nSPS) is 19.9. The highest BCUT2D eigenvalue weighted by Crippen LogP contribution is 2.39. The topological polar surface area (TPSA) is 102 Å². The Kier molecular flexibility index (Phi) is 4.90. The number of rotatable bonds is 6. The van der Waals surface area contributed by atoms with Crippen LogP contribution in [0.5, 0.6) is 23.0 Å². The van der Waals surface area contributed by atoms with Crippen molar-refractivity contribution >= 4 is 23.2 Å². The van der Waals surface area contributed by atoms with Gasteiger partial charge in [0.2, 0.25) is 0 Å². The zero-order valence-electron chi connectivity index (χ0n) is 16.9. The molecule has 4 rings (SSSR count). The molecule has 2 aromatic rings. The Morgan fingerprint density at radius 2 is 1.17 bits per heavy atom. The van der Waals surface area contributed by atoms with Crippen LogP contribution in [-0.2, 0) is 9.59 Å². The minimum Gasteiger partial charge on any atom is -0.497 e. The van der Waals surface area contributed by atoms with Gasteiger partial charge in [0.15, 0.2) is 12.1 Å². The molecule has 2 amide bonds. The van der Waals surface area contributed by atoms with E-state index in [1.54, 1.807) is 36.4 Å². The molecule has 2 heterocycles. The average Bonchev–Trinajstić information content (AvgIpc) is 3.32. The molecule has 0 spiro atoms. The van der Waals surface area contributed by atoms with Gasteiger partial charge >= 0.3 is 0 Å². The van der Waals surface area contributed by atoms with Gasteiger partial charge in [-0.2, -0.15) is 5.11 Å². The van der Waals surface area contributed by atoms with Crippen LogP contribution in [0.2, 0.25) is 0 Å². The Bertz CT molecular complexity index is 995. The molecular weight excluding hydrogens is 392 g/mol. The van der Waals surface area contributed by atoms with Crippen LogP contribution in [0.1, 0.15) is 0 Å². The fourth-order valence-electron chi connectivity index (χ4n) is 3.47. The largest absolute Gasteiger partial charge is 0.497 e. The first-order valence-corrected chi connectivity index (χ1v) is 9.04. The lowest BCUT2D eigenvalue weighted by Gasteiger charge is -2.22. The minimum absolute atomic E-state index is 0.342. The Hall–Kier alpha value is -3.82. The van der Waals surface area contributed by atoms with Crippen LogP contribution >= 0.6 is 0 Å². The fourth-order valence-corrected chi connectivity index (χ4v) is 3.47. The number of imide groups is 1. The van der Waals surface area contributed by atoms with Crippen LogP contribution in [-0.4, -0.2) is 52.3 Å². The molecule has 0 aromatic heterocycles. The highest BCUT2D eigenvalue weighted by molar-refractivity contribution is 6.26. The van der Waals surface area contributed by atoms with E-state index in [1.165, 1.54) is 33.4 Å². The predicted octanol–water partition coefficient (Wildman–Crippen LogP) is 2.22. The summed E-state index contributed by atoms with van der Waals surface area (Å²) >= 11 is 0. The number of hydrogen-bond donors (Lipinski definition) is 0. The van der Waals surface area contributed by atoms with E-state index in [2.05, 4.69) is 10.3 Å². The summed E-state index contributed by atoms with van der Waals surface area (Å²) in [6, 6.07) is 8.07. The monoisotopic (exact) mass is 412 g/mol. The summed E-state index contributed by atoms with van der Waals surface area (Å²) in [6.45, 7) is 0. The molecule has 2 unspecified atom stereocenters. The first-order valence-electron chi connectivity index (χ1n) is 9.04. The Morgan fingerprint density at radius 1 is 0.700 bits per heavy atom. The lowest BCUT2D eigenvalue weighted by Crippen LogP contribution is -2.40. The molecular formula is C20H20N4O6. The van der Waals surface area contributed by atoms with Crippen molar-refractivity contribution in [1.29, 1.82) is 0 Å².